The first kappa shape index (κ1) is 30.7. The summed E-state index contributed by atoms with van der Waals surface area (Å²) in [7, 11) is 0. The molecule has 2 atom stereocenters. The van der Waals surface area contributed by atoms with Crippen molar-refractivity contribution in [3.05, 3.63) is 40.3 Å². The van der Waals surface area contributed by atoms with Crippen molar-refractivity contribution >= 4 is 45.4 Å². The molecule has 14 heteroatoms. The predicted octanol–water partition coefficient (Wildman–Crippen LogP) is 1.92. The summed E-state index contributed by atoms with van der Waals surface area (Å²) in [6.07, 6.45) is 0.597. The van der Waals surface area contributed by atoms with E-state index < -0.39 is 35.8 Å². The second-order valence-corrected chi connectivity index (χ2v) is 8.67. The lowest BCUT2D eigenvalue weighted by molar-refractivity contribution is -0.133. The average Bonchev–Trinajstić information content (AvgIpc) is 2.84. The van der Waals surface area contributed by atoms with Gasteiger partial charge in [0.05, 0.1) is 6.61 Å². The molecule has 0 saturated heterocycles. The van der Waals surface area contributed by atoms with Crippen molar-refractivity contribution in [1.29, 1.82) is 0 Å². The number of carbonyl (C=O) groups excluding carboxylic acids is 4. The maximum absolute atomic E-state index is 13.0. The van der Waals surface area contributed by atoms with Gasteiger partial charge in [-0.15, -0.1) is 0 Å². The first-order chi connectivity index (χ1) is 17.2. The van der Waals surface area contributed by atoms with Crippen LogP contribution in [0.5, 0.6) is 0 Å². The largest absolute Gasteiger partial charge is 0.372 e. The number of primary amides is 1. The van der Waals surface area contributed by atoms with Gasteiger partial charge in [0.25, 0.3) is 0 Å². The summed E-state index contributed by atoms with van der Waals surface area (Å²) in [4.78, 5) is 51.8. The van der Waals surface area contributed by atoms with Crippen LogP contribution in [0.25, 0.3) is 10.4 Å². The zero-order chi connectivity index (χ0) is 26.9. The number of hydrogen-bond donors (Lipinski definition) is 5. The molecule has 1 rings (SSSR count). The van der Waals surface area contributed by atoms with Gasteiger partial charge in [-0.25, -0.2) is 4.79 Å². The molecule has 0 aliphatic carbocycles. The molecule has 36 heavy (non-hydrogen) atoms. The maximum Gasteiger partial charge on any atom is 0.312 e. The Bertz CT molecular complexity index is 922. The van der Waals surface area contributed by atoms with Crippen LogP contribution < -0.4 is 27.0 Å². The number of anilines is 1. The summed E-state index contributed by atoms with van der Waals surface area (Å²) in [5, 5.41) is 14.5. The number of nitrogens with zero attached hydrogens (tertiary/aromatic N) is 3. The fourth-order valence-electron chi connectivity index (χ4n) is 3.02. The van der Waals surface area contributed by atoms with E-state index in [1.54, 1.807) is 26.0 Å². The number of urea groups is 1. The van der Waals surface area contributed by atoms with E-state index in [0.29, 0.717) is 17.4 Å². The number of benzene rings is 1. The van der Waals surface area contributed by atoms with Crippen LogP contribution in [0.4, 0.5) is 10.5 Å². The van der Waals surface area contributed by atoms with Crippen LogP contribution in [0.1, 0.15) is 32.3 Å². The summed E-state index contributed by atoms with van der Waals surface area (Å²) < 4.78 is 5.12. The Kier molecular flexibility index (Phi) is 14.6. The second kappa shape index (κ2) is 17.1. The highest BCUT2D eigenvalue weighted by atomic mass is 79.9. The zero-order valence-electron chi connectivity index (χ0n) is 20.3. The molecule has 1 aromatic rings. The molecule has 0 aliphatic heterocycles. The van der Waals surface area contributed by atoms with Crippen molar-refractivity contribution in [3.8, 4) is 0 Å². The van der Waals surface area contributed by atoms with Crippen molar-refractivity contribution in [2.45, 2.75) is 44.1 Å². The first-order valence-electron chi connectivity index (χ1n) is 11.3. The monoisotopic (exact) mass is 568 g/mol. The zero-order valence-corrected chi connectivity index (χ0v) is 21.9. The lowest BCUT2D eigenvalue weighted by Crippen LogP contribution is -2.55. The van der Waals surface area contributed by atoms with Crippen LogP contribution in [0.2, 0.25) is 0 Å². The Morgan fingerprint density at radius 3 is 2.42 bits per heavy atom. The molecule has 1 aromatic carbocycles. The number of ether oxygens (including phenoxy) is 1. The summed E-state index contributed by atoms with van der Waals surface area (Å²) in [5.74, 6) is -1.79. The molecule has 0 spiro atoms. The predicted molar refractivity (Wildman–Crippen MR) is 138 cm³/mol. The van der Waals surface area contributed by atoms with E-state index in [4.69, 9.17) is 16.0 Å². The van der Waals surface area contributed by atoms with Crippen LogP contribution in [-0.4, -0.2) is 62.1 Å². The minimum Gasteiger partial charge on any atom is -0.372 e. The normalized spacial score (nSPS) is 12.1. The fraction of sp³-hybridized carbons (Fsp3) is 0.545. The minimum absolute atomic E-state index is 0.0637. The van der Waals surface area contributed by atoms with Gasteiger partial charge in [0, 0.05) is 29.0 Å². The third-order valence-corrected chi connectivity index (χ3v) is 5.52. The number of nitrogens with two attached hydrogens (primary N) is 1. The molecule has 0 heterocycles. The van der Waals surface area contributed by atoms with E-state index >= 15 is 0 Å². The van der Waals surface area contributed by atoms with Crippen LogP contribution >= 0.6 is 15.9 Å². The van der Waals surface area contributed by atoms with Gasteiger partial charge >= 0.3 is 6.03 Å². The number of alkyl halides is 1. The van der Waals surface area contributed by atoms with Gasteiger partial charge in [0.15, 0.2) is 0 Å². The quantitative estimate of drug-likeness (QED) is 0.0664. The molecule has 0 aliphatic rings. The van der Waals surface area contributed by atoms with Crippen molar-refractivity contribution in [2.24, 2.45) is 16.8 Å². The number of azide groups is 1. The number of carbonyl (C=O) groups is 4. The molecule has 13 nitrogen and oxygen atoms in total. The first-order valence-corrected chi connectivity index (χ1v) is 12.5. The highest BCUT2D eigenvalue weighted by molar-refractivity contribution is 9.08. The maximum atomic E-state index is 13.0. The number of amides is 5. The lowest BCUT2D eigenvalue weighted by atomic mass is 10.0. The van der Waals surface area contributed by atoms with Crippen LogP contribution in [-0.2, 0) is 24.5 Å². The number of halogens is 1. The minimum atomic E-state index is -0.929. The lowest BCUT2D eigenvalue weighted by Gasteiger charge is -2.25. The standard InChI is InChI=1S/C22H33BrN8O5/c1-14(2)19(30-18(32)13-36-11-10-27-31-25)21(34)29-17(4-3-9-26-22(24)35)20(33)28-16-7-5-15(12-23)6-8-16/h5-8,14,17,19H,3-4,9-13H2,1-2H3,(H,28,33)(H,29,34)(H,30,32)(H3,24,26,35)/t17-,19-/m0/s1. The van der Waals surface area contributed by atoms with E-state index in [9.17, 15) is 19.2 Å². The molecule has 5 amide bonds. The van der Waals surface area contributed by atoms with E-state index in [2.05, 4.69) is 47.2 Å². The molecular weight excluding hydrogens is 536 g/mol. The molecule has 198 valence electrons. The Labute approximate surface area is 218 Å². The molecule has 0 radical (unpaired) electrons. The highest BCUT2D eigenvalue weighted by Crippen LogP contribution is 2.13. The second-order valence-electron chi connectivity index (χ2n) is 8.11. The Morgan fingerprint density at radius 2 is 1.83 bits per heavy atom. The van der Waals surface area contributed by atoms with Gasteiger partial charge in [0.1, 0.15) is 18.7 Å². The van der Waals surface area contributed by atoms with Gasteiger partial charge < -0.3 is 31.7 Å². The van der Waals surface area contributed by atoms with Crippen LogP contribution in [0.15, 0.2) is 29.4 Å². The van der Waals surface area contributed by atoms with Gasteiger partial charge in [-0.3, -0.25) is 14.4 Å². The third-order valence-electron chi connectivity index (χ3n) is 4.88. The van der Waals surface area contributed by atoms with Gasteiger partial charge in [0.2, 0.25) is 17.7 Å². The van der Waals surface area contributed by atoms with E-state index in [1.165, 1.54) is 0 Å². The van der Waals surface area contributed by atoms with Crippen molar-refractivity contribution < 1.29 is 23.9 Å². The van der Waals surface area contributed by atoms with Crippen LogP contribution in [0.3, 0.4) is 0 Å². The Balaban J connectivity index is 2.83. The molecule has 6 N–H and O–H groups in total. The molecule has 0 aromatic heterocycles. The fourth-order valence-corrected chi connectivity index (χ4v) is 3.39. The highest BCUT2D eigenvalue weighted by Gasteiger charge is 2.28. The van der Waals surface area contributed by atoms with Gasteiger partial charge in [-0.05, 0) is 42.0 Å². The average molecular weight is 569 g/mol. The van der Waals surface area contributed by atoms with Crippen LogP contribution in [0, 0.1) is 5.92 Å². The smallest absolute Gasteiger partial charge is 0.312 e. The Morgan fingerprint density at radius 1 is 1.14 bits per heavy atom. The molecule has 0 unspecified atom stereocenters. The Hall–Kier alpha value is -3.35. The van der Waals surface area contributed by atoms with E-state index in [0.717, 1.165) is 5.56 Å². The molecule has 0 saturated carbocycles. The SMILES string of the molecule is CC(C)[C@H](NC(=O)COCCN=[N+]=[N-])C(=O)N[C@@H](CCCNC(N)=O)C(=O)Nc1ccc(CBr)cc1. The molecular formula is C22H33BrN8O5. The summed E-state index contributed by atoms with van der Waals surface area (Å²) in [6, 6.07) is 4.68. The van der Waals surface area contributed by atoms with Crippen molar-refractivity contribution in [2.75, 3.05) is 31.6 Å². The molecule has 0 bridgehead atoms. The number of rotatable bonds is 16. The number of nitrogens with one attached hydrogen (secondary N) is 4. The van der Waals surface area contributed by atoms with Gasteiger partial charge in [-0.1, -0.05) is 47.0 Å². The summed E-state index contributed by atoms with van der Waals surface area (Å²) in [5.41, 5.74) is 14.9. The van der Waals surface area contributed by atoms with Gasteiger partial charge in [-0.2, -0.15) is 0 Å². The van der Waals surface area contributed by atoms with E-state index in [-0.39, 0.29) is 38.6 Å². The molecule has 0 fully saturated rings. The topological polar surface area (TPSA) is 200 Å². The summed E-state index contributed by atoms with van der Waals surface area (Å²) in [6.45, 7) is 3.57. The van der Waals surface area contributed by atoms with Crippen molar-refractivity contribution in [1.82, 2.24) is 16.0 Å². The van der Waals surface area contributed by atoms with E-state index in [1.807, 2.05) is 12.1 Å². The third kappa shape index (κ3) is 12.4. The number of hydrogen-bond acceptors (Lipinski definition) is 6. The summed E-state index contributed by atoms with van der Waals surface area (Å²) >= 11 is 3.37. The van der Waals surface area contributed by atoms with Crippen molar-refractivity contribution in [3.63, 3.8) is 0 Å².